The van der Waals surface area contributed by atoms with Crippen LogP contribution >= 0.6 is 11.6 Å². The third kappa shape index (κ3) is 3.53. The van der Waals surface area contributed by atoms with Crippen LogP contribution in [0.4, 0.5) is 17.6 Å². The maximum absolute atomic E-state index is 13.1. The average Bonchev–Trinajstić information content (AvgIpc) is 2.18. The Balaban J connectivity index is 2.92. The first-order chi connectivity index (χ1) is 7.33. The Morgan fingerprint density at radius 2 is 2.00 bits per heavy atom. The number of halogens is 5. The van der Waals surface area contributed by atoms with Crippen LogP contribution in [-0.4, -0.2) is 12.9 Å². The van der Waals surface area contributed by atoms with E-state index in [1.54, 1.807) is 0 Å². The zero-order valence-electron chi connectivity index (χ0n) is 7.89. The van der Waals surface area contributed by atoms with Crippen molar-refractivity contribution in [1.82, 2.24) is 0 Å². The minimum atomic E-state index is -4.83. The normalized spacial score (nSPS) is 13.6. The second-order valence-electron chi connectivity index (χ2n) is 2.94. The highest BCUT2D eigenvalue weighted by molar-refractivity contribution is 6.32. The van der Waals surface area contributed by atoms with Gasteiger partial charge >= 0.3 is 6.36 Å². The van der Waals surface area contributed by atoms with E-state index in [4.69, 9.17) is 17.3 Å². The third-order valence-electron chi connectivity index (χ3n) is 1.75. The van der Waals surface area contributed by atoms with Crippen molar-refractivity contribution in [3.8, 4) is 5.75 Å². The maximum atomic E-state index is 13.1. The standard InChI is InChI=1S/C9H8ClF4NO/c10-6-3-5(7(11)4-15)1-2-8(6)16-9(12,13)14/h1-3,7H,4,15H2. The SMILES string of the molecule is NCC(F)c1ccc(OC(F)(F)F)c(Cl)c1. The average molecular weight is 258 g/mol. The molecular formula is C9H8ClF4NO. The van der Waals surface area contributed by atoms with E-state index in [9.17, 15) is 17.6 Å². The Kier molecular flexibility index (Phi) is 3.98. The lowest BCUT2D eigenvalue weighted by atomic mass is 10.1. The van der Waals surface area contributed by atoms with E-state index < -0.39 is 18.3 Å². The molecule has 0 radical (unpaired) electrons. The van der Waals surface area contributed by atoms with Gasteiger partial charge in [0.05, 0.1) is 5.02 Å². The second-order valence-corrected chi connectivity index (χ2v) is 3.35. The number of nitrogens with two attached hydrogens (primary N) is 1. The van der Waals surface area contributed by atoms with Crippen LogP contribution in [0.25, 0.3) is 0 Å². The van der Waals surface area contributed by atoms with E-state index in [2.05, 4.69) is 4.74 Å². The van der Waals surface area contributed by atoms with E-state index >= 15 is 0 Å². The van der Waals surface area contributed by atoms with Crippen LogP contribution in [0, 0.1) is 0 Å². The highest BCUT2D eigenvalue weighted by atomic mass is 35.5. The zero-order chi connectivity index (χ0) is 12.3. The van der Waals surface area contributed by atoms with Gasteiger partial charge in [0.15, 0.2) is 0 Å². The zero-order valence-corrected chi connectivity index (χ0v) is 8.65. The topological polar surface area (TPSA) is 35.2 Å². The van der Waals surface area contributed by atoms with Gasteiger partial charge in [0, 0.05) is 6.54 Å². The van der Waals surface area contributed by atoms with Gasteiger partial charge in [0.1, 0.15) is 11.9 Å². The summed E-state index contributed by atoms with van der Waals surface area (Å²) in [4.78, 5) is 0. The predicted octanol–water partition coefficient (Wildman–Crippen LogP) is 3.21. The fraction of sp³-hybridized carbons (Fsp3) is 0.333. The Labute approximate surface area is 93.9 Å². The van der Waals surface area contributed by atoms with Gasteiger partial charge in [-0.2, -0.15) is 0 Å². The number of benzene rings is 1. The molecule has 0 amide bonds. The molecule has 7 heteroatoms. The van der Waals surface area contributed by atoms with Crippen molar-refractivity contribution >= 4 is 11.6 Å². The lowest BCUT2D eigenvalue weighted by Gasteiger charge is -2.12. The van der Waals surface area contributed by atoms with E-state index in [1.807, 2.05) is 0 Å². The number of ether oxygens (including phenoxy) is 1. The highest BCUT2D eigenvalue weighted by Gasteiger charge is 2.32. The monoisotopic (exact) mass is 257 g/mol. The molecule has 0 aliphatic carbocycles. The lowest BCUT2D eigenvalue weighted by Crippen LogP contribution is -2.17. The Bertz CT molecular complexity index is 369. The number of hydrogen-bond donors (Lipinski definition) is 1. The largest absolute Gasteiger partial charge is 0.573 e. The van der Waals surface area contributed by atoms with Crippen LogP contribution in [0.15, 0.2) is 18.2 Å². The van der Waals surface area contributed by atoms with Crippen LogP contribution in [0.5, 0.6) is 5.75 Å². The predicted molar refractivity (Wildman–Crippen MR) is 51.0 cm³/mol. The maximum Gasteiger partial charge on any atom is 0.573 e. The van der Waals surface area contributed by atoms with Crippen molar-refractivity contribution in [1.29, 1.82) is 0 Å². The van der Waals surface area contributed by atoms with Crippen LogP contribution in [0.3, 0.4) is 0 Å². The molecule has 1 aromatic carbocycles. The molecule has 0 saturated carbocycles. The van der Waals surface area contributed by atoms with Crippen molar-refractivity contribution < 1.29 is 22.3 Å². The fourth-order valence-corrected chi connectivity index (χ4v) is 1.28. The molecular weight excluding hydrogens is 250 g/mol. The molecule has 0 saturated heterocycles. The van der Waals surface area contributed by atoms with Crippen LogP contribution in [0.1, 0.15) is 11.7 Å². The number of alkyl halides is 4. The summed E-state index contributed by atoms with van der Waals surface area (Å²) in [5.41, 5.74) is 5.18. The van der Waals surface area contributed by atoms with Crippen molar-refractivity contribution in [2.24, 2.45) is 5.73 Å². The molecule has 0 aromatic heterocycles. The molecule has 2 N–H and O–H groups in total. The van der Waals surface area contributed by atoms with Gasteiger partial charge in [-0.15, -0.1) is 13.2 Å². The summed E-state index contributed by atoms with van der Waals surface area (Å²) in [6.07, 6.45) is -6.29. The summed E-state index contributed by atoms with van der Waals surface area (Å²) in [5.74, 6) is -0.567. The van der Waals surface area contributed by atoms with E-state index in [1.165, 1.54) is 0 Å². The molecule has 0 bridgehead atoms. The minimum Gasteiger partial charge on any atom is -0.404 e. The van der Waals surface area contributed by atoms with Crippen molar-refractivity contribution in [3.05, 3.63) is 28.8 Å². The molecule has 0 aliphatic heterocycles. The first-order valence-corrected chi connectivity index (χ1v) is 4.60. The van der Waals surface area contributed by atoms with Crippen molar-refractivity contribution in [2.75, 3.05) is 6.54 Å². The number of rotatable bonds is 3. The molecule has 1 aromatic rings. The Hall–Kier alpha value is -1.01. The first kappa shape index (κ1) is 13.1. The van der Waals surface area contributed by atoms with Crippen molar-refractivity contribution in [2.45, 2.75) is 12.5 Å². The summed E-state index contributed by atoms with van der Waals surface area (Å²) in [6, 6.07) is 3.15. The lowest BCUT2D eigenvalue weighted by molar-refractivity contribution is -0.274. The molecule has 0 spiro atoms. The molecule has 2 nitrogen and oxygen atoms in total. The first-order valence-electron chi connectivity index (χ1n) is 4.23. The minimum absolute atomic E-state index is 0.113. The van der Waals surface area contributed by atoms with Gasteiger partial charge in [0.25, 0.3) is 0 Å². The third-order valence-corrected chi connectivity index (χ3v) is 2.05. The quantitative estimate of drug-likeness (QED) is 0.844. The van der Waals surface area contributed by atoms with Gasteiger partial charge in [-0.3, -0.25) is 0 Å². The molecule has 90 valence electrons. The van der Waals surface area contributed by atoms with E-state index in [0.29, 0.717) is 0 Å². The second kappa shape index (κ2) is 4.88. The van der Waals surface area contributed by atoms with E-state index in [-0.39, 0.29) is 17.1 Å². The highest BCUT2D eigenvalue weighted by Crippen LogP contribution is 2.32. The van der Waals surface area contributed by atoms with Gasteiger partial charge < -0.3 is 10.5 Å². The Morgan fingerprint density at radius 1 is 1.38 bits per heavy atom. The molecule has 1 unspecified atom stereocenters. The van der Waals surface area contributed by atoms with Crippen LogP contribution < -0.4 is 10.5 Å². The summed E-state index contributed by atoms with van der Waals surface area (Å²) in [7, 11) is 0. The van der Waals surface area contributed by atoms with Gasteiger partial charge in [-0.25, -0.2) is 4.39 Å². The van der Waals surface area contributed by atoms with Gasteiger partial charge in [0.2, 0.25) is 0 Å². The van der Waals surface area contributed by atoms with Crippen LogP contribution in [0.2, 0.25) is 5.02 Å². The summed E-state index contributed by atoms with van der Waals surface area (Å²) < 4.78 is 52.3. The van der Waals surface area contributed by atoms with Crippen molar-refractivity contribution in [3.63, 3.8) is 0 Å². The van der Waals surface area contributed by atoms with E-state index in [0.717, 1.165) is 18.2 Å². The fourth-order valence-electron chi connectivity index (χ4n) is 1.06. The smallest absolute Gasteiger partial charge is 0.404 e. The summed E-state index contributed by atoms with van der Waals surface area (Å²) >= 11 is 5.50. The number of hydrogen-bond acceptors (Lipinski definition) is 2. The molecule has 0 aliphatic rings. The van der Waals surface area contributed by atoms with Gasteiger partial charge in [-0.05, 0) is 17.7 Å². The molecule has 0 heterocycles. The summed E-state index contributed by atoms with van der Waals surface area (Å²) in [5, 5.41) is -0.314. The van der Waals surface area contributed by atoms with Crippen LogP contribution in [-0.2, 0) is 0 Å². The van der Waals surface area contributed by atoms with Gasteiger partial charge in [-0.1, -0.05) is 17.7 Å². The molecule has 1 atom stereocenters. The molecule has 1 rings (SSSR count). The molecule has 0 fully saturated rings. The Morgan fingerprint density at radius 3 is 2.44 bits per heavy atom. The molecule has 16 heavy (non-hydrogen) atoms. The summed E-state index contributed by atoms with van der Waals surface area (Å²) in [6.45, 7) is -0.268.